The molecule has 2 heterocycles. The molecule has 5 aromatic rings. The number of rotatable bonds is 11. The molecule has 0 atom stereocenters. The van der Waals surface area contributed by atoms with Crippen LogP contribution in [-0.2, 0) is 11.3 Å². The molecule has 1 N–H and O–H groups in total. The average Bonchev–Trinajstić information content (AvgIpc) is 3.06. The molecule has 2 aromatic heterocycles. The second-order valence-electron chi connectivity index (χ2n) is 12.7. The molecule has 0 spiro atoms. The van der Waals surface area contributed by atoms with Crippen LogP contribution in [0.4, 0.5) is 10.2 Å². The van der Waals surface area contributed by atoms with Crippen LogP contribution < -0.4 is 10.1 Å². The van der Waals surface area contributed by atoms with Gasteiger partial charge in [-0.25, -0.2) is 19.3 Å². The molecule has 5 rings (SSSR count). The fourth-order valence-electron chi connectivity index (χ4n) is 6.72. The van der Waals surface area contributed by atoms with E-state index in [9.17, 15) is 0 Å². The van der Waals surface area contributed by atoms with Gasteiger partial charge in [-0.3, -0.25) is 0 Å². The second kappa shape index (κ2) is 14.8. The number of pyridine rings is 1. The minimum atomic E-state index is -2.16. The van der Waals surface area contributed by atoms with Gasteiger partial charge in [0.05, 0.1) is 22.2 Å². The number of benzene rings is 3. The first-order valence-electron chi connectivity index (χ1n) is 16.0. The van der Waals surface area contributed by atoms with E-state index >= 15 is 4.39 Å². The van der Waals surface area contributed by atoms with Gasteiger partial charge < -0.3 is 14.8 Å². The Morgan fingerprint density at radius 3 is 2.32 bits per heavy atom. The lowest BCUT2D eigenvalue weighted by Crippen LogP contribution is -2.43. The predicted molar refractivity (Wildman–Crippen MR) is 196 cm³/mol. The van der Waals surface area contributed by atoms with Crippen LogP contribution in [0.1, 0.15) is 52.7 Å². The third kappa shape index (κ3) is 7.15. The highest BCUT2D eigenvalue weighted by Gasteiger charge is 2.41. The van der Waals surface area contributed by atoms with Gasteiger partial charge in [0.1, 0.15) is 25.5 Å². The molecule has 3 aromatic carbocycles. The first kappa shape index (κ1) is 34.4. The molecule has 0 aliphatic rings. The minimum absolute atomic E-state index is 0.0728. The quantitative estimate of drug-likeness (QED) is 0.0495. The molecule has 0 bridgehead atoms. The standard InChI is InChI=1S/C38H43FN4O2SSi/c1-24(2)47(25(3)4,26(5)6)17-16-30-33(39)15-14-28-18-29(45-23-44-7)19-31(36(28)30)34-20-35-32(22-41-38(43-35)46-8)37(42-34)40-21-27-12-10-9-11-13-27/h9-15,18-20,22,24-26H,21,23H2,1-8H3,(H,40,42). The molecule has 244 valence electrons. The number of hydrogen-bond donors (Lipinski definition) is 1. The molecule has 0 fully saturated rings. The normalized spacial score (nSPS) is 11.8. The molecule has 9 heteroatoms. The Kier molecular flexibility index (Phi) is 10.9. The summed E-state index contributed by atoms with van der Waals surface area (Å²) in [6.45, 7) is 14.2. The Bertz CT molecular complexity index is 1920. The van der Waals surface area contributed by atoms with Crippen molar-refractivity contribution in [2.45, 2.75) is 69.9 Å². The van der Waals surface area contributed by atoms with Crippen molar-refractivity contribution >= 4 is 47.3 Å². The summed E-state index contributed by atoms with van der Waals surface area (Å²) in [6.07, 6.45) is 3.75. The smallest absolute Gasteiger partial charge is 0.188 e. The van der Waals surface area contributed by atoms with E-state index in [2.05, 4.69) is 75.4 Å². The first-order chi connectivity index (χ1) is 22.6. The minimum Gasteiger partial charge on any atom is -0.468 e. The summed E-state index contributed by atoms with van der Waals surface area (Å²) in [5, 5.41) is 6.46. The van der Waals surface area contributed by atoms with Crippen LogP contribution in [0.2, 0.25) is 16.6 Å². The predicted octanol–water partition coefficient (Wildman–Crippen LogP) is 9.87. The van der Waals surface area contributed by atoms with Crippen LogP contribution in [0.25, 0.3) is 32.9 Å². The lowest BCUT2D eigenvalue weighted by atomic mass is 9.96. The van der Waals surface area contributed by atoms with Gasteiger partial charge in [0.2, 0.25) is 0 Å². The van der Waals surface area contributed by atoms with E-state index in [0.29, 0.717) is 62.1 Å². The zero-order valence-electron chi connectivity index (χ0n) is 28.4. The van der Waals surface area contributed by atoms with E-state index in [1.54, 1.807) is 19.4 Å². The van der Waals surface area contributed by atoms with E-state index in [0.717, 1.165) is 21.9 Å². The number of anilines is 1. The highest BCUT2D eigenvalue weighted by Crippen LogP contribution is 2.42. The molecule has 0 aliphatic carbocycles. The van der Waals surface area contributed by atoms with E-state index in [-0.39, 0.29) is 12.6 Å². The van der Waals surface area contributed by atoms with Gasteiger partial charge >= 0.3 is 0 Å². The van der Waals surface area contributed by atoms with Gasteiger partial charge in [-0.2, -0.15) is 0 Å². The topological polar surface area (TPSA) is 69.2 Å². The van der Waals surface area contributed by atoms with Crippen molar-refractivity contribution in [2.24, 2.45) is 0 Å². The Labute approximate surface area is 282 Å². The monoisotopic (exact) mass is 666 g/mol. The fourth-order valence-corrected chi connectivity index (χ4v) is 12.3. The third-order valence-corrected chi connectivity index (χ3v) is 15.8. The van der Waals surface area contributed by atoms with Crippen molar-refractivity contribution in [3.8, 4) is 28.5 Å². The van der Waals surface area contributed by atoms with Crippen LogP contribution in [-0.4, -0.2) is 43.2 Å². The lowest BCUT2D eigenvalue weighted by Gasteiger charge is -2.38. The Morgan fingerprint density at radius 2 is 1.66 bits per heavy atom. The largest absolute Gasteiger partial charge is 0.468 e. The molecule has 0 saturated heterocycles. The van der Waals surface area contributed by atoms with Gasteiger partial charge in [-0.05, 0) is 58.1 Å². The molecule has 0 radical (unpaired) electrons. The van der Waals surface area contributed by atoms with Gasteiger partial charge in [-0.15, -0.1) is 5.54 Å². The number of aromatic nitrogens is 3. The first-order valence-corrected chi connectivity index (χ1v) is 19.5. The summed E-state index contributed by atoms with van der Waals surface area (Å²) in [4.78, 5) is 14.5. The van der Waals surface area contributed by atoms with Crippen molar-refractivity contribution in [1.82, 2.24) is 15.0 Å². The van der Waals surface area contributed by atoms with Crippen LogP contribution in [0.5, 0.6) is 5.75 Å². The fraction of sp³-hybridized carbons (Fsp3) is 0.342. The van der Waals surface area contributed by atoms with Crippen molar-refractivity contribution < 1.29 is 13.9 Å². The number of nitrogens with one attached hydrogen (secondary N) is 1. The number of fused-ring (bicyclic) bond motifs is 2. The van der Waals surface area contributed by atoms with Gasteiger partial charge in [0.25, 0.3) is 0 Å². The highest BCUT2D eigenvalue weighted by atomic mass is 32.2. The number of thioether (sulfide) groups is 1. The van der Waals surface area contributed by atoms with Crippen molar-refractivity contribution in [3.63, 3.8) is 0 Å². The Hall–Kier alpha value is -3.97. The Balaban J connectivity index is 1.80. The number of methoxy groups -OCH3 is 1. The summed E-state index contributed by atoms with van der Waals surface area (Å²) in [5.74, 6) is 4.30. The third-order valence-electron chi connectivity index (χ3n) is 8.97. The van der Waals surface area contributed by atoms with Crippen LogP contribution >= 0.6 is 11.8 Å². The second-order valence-corrected chi connectivity index (χ2v) is 19.0. The lowest BCUT2D eigenvalue weighted by molar-refractivity contribution is 0.0512. The molecule has 0 amide bonds. The summed E-state index contributed by atoms with van der Waals surface area (Å²) in [5.41, 5.74) is 8.53. The maximum absolute atomic E-state index is 16.0. The summed E-state index contributed by atoms with van der Waals surface area (Å²) < 4.78 is 27.2. The number of ether oxygens (including phenoxy) is 2. The molecular weight excluding hydrogens is 624 g/mol. The maximum Gasteiger partial charge on any atom is 0.188 e. The van der Waals surface area contributed by atoms with Crippen LogP contribution in [0.15, 0.2) is 72.0 Å². The summed E-state index contributed by atoms with van der Waals surface area (Å²) in [7, 11) is -0.577. The van der Waals surface area contributed by atoms with E-state index in [1.807, 2.05) is 42.7 Å². The maximum atomic E-state index is 16.0. The zero-order chi connectivity index (χ0) is 33.7. The van der Waals surface area contributed by atoms with Crippen molar-refractivity contribution in [2.75, 3.05) is 25.5 Å². The SMILES string of the molecule is COCOc1cc(-c2cc3nc(SC)ncc3c(NCc3ccccc3)n2)c2c(C#C[Si](C(C)C)(C(C)C)C(C)C)c(F)ccc2c1. The van der Waals surface area contributed by atoms with Crippen molar-refractivity contribution in [1.29, 1.82) is 0 Å². The highest BCUT2D eigenvalue weighted by molar-refractivity contribution is 7.98. The molecule has 47 heavy (non-hydrogen) atoms. The van der Waals surface area contributed by atoms with Crippen LogP contribution in [0, 0.1) is 17.3 Å². The molecule has 6 nitrogen and oxygen atoms in total. The van der Waals surface area contributed by atoms with Gasteiger partial charge in [0, 0.05) is 30.8 Å². The van der Waals surface area contributed by atoms with Gasteiger partial charge in [-0.1, -0.05) is 95.6 Å². The zero-order valence-corrected chi connectivity index (χ0v) is 30.3. The Morgan fingerprint density at radius 1 is 0.936 bits per heavy atom. The van der Waals surface area contributed by atoms with Gasteiger partial charge in [0.15, 0.2) is 11.9 Å². The number of hydrogen-bond acceptors (Lipinski definition) is 7. The molecular formula is C38H43FN4O2SSi. The van der Waals surface area contributed by atoms with Crippen LogP contribution in [0.3, 0.4) is 0 Å². The average molecular weight is 667 g/mol. The molecule has 0 saturated carbocycles. The number of nitrogens with zero attached hydrogens (tertiary/aromatic N) is 3. The summed E-state index contributed by atoms with van der Waals surface area (Å²) >= 11 is 1.47. The van der Waals surface area contributed by atoms with E-state index < -0.39 is 8.07 Å². The number of halogens is 1. The molecule has 0 unspecified atom stereocenters. The van der Waals surface area contributed by atoms with E-state index in [4.69, 9.17) is 19.4 Å². The van der Waals surface area contributed by atoms with Crippen molar-refractivity contribution in [3.05, 3.63) is 83.8 Å². The molecule has 0 aliphatic heterocycles. The van der Waals surface area contributed by atoms with E-state index in [1.165, 1.54) is 17.8 Å². The summed E-state index contributed by atoms with van der Waals surface area (Å²) in [6, 6.07) is 19.2.